The Balaban J connectivity index is 2.51. The van der Waals surface area contributed by atoms with Crippen molar-refractivity contribution >= 4 is 27.3 Å². The molecule has 0 aromatic carbocycles. The molecule has 0 fully saturated rings. The molecule has 0 radical (unpaired) electrons. The van der Waals surface area contributed by atoms with Gasteiger partial charge in [0.25, 0.3) is 10.0 Å². The van der Waals surface area contributed by atoms with Gasteiger partial charge in [-0.15, -0.1) is 0 Å². The maximum absolute atomic E-state index is 12.7. The molecule has 0 aliphatic heterocycles. The molecule has 0 atom stereocenters. The summed E-state index contributed by atoms with van der Waals surface area (Å²) in [7, 11) is -2.41. The van der Waals surface area contributed by atoms with Crippen LogP contribution in [0.25, 0.3) is 5.65 Å². The SMILES string of the molecule is COCCN(CCO)S(=O)(=O)c1c(Cl)nc2ccccn12. The highest BCUT2D eigenvalue weighted by atomic mass is 35.5. The number of sulfonamides is 1. The van der Waals surface area contributed by atoms with E-state index in [0.29, 0.717) is 5.65 Å². The molecule has 2 aromatic heterocycles. The standard InChI is InChI=1S/C12H16ClN3O4S/c1-20-9-7-15(6-8-17)21(18,19)12-11(13)14-10-4-2-3-5-16(10)12/h2-5,17H,6-9H2,1H3. The third-order valence-corrected chi connectivity index (χ3v) is 5.22. The molecule has 0 aliphatic rings. The van der Waals surface area contributed by atoms with Crippen LogP contribution in [0, 0.1) is 0 Å². The van der Waals surface area contributed by atoms with Gasteiger partial charge in [0.2, 0.25) is 0 Å². The van der Waals surface area contributed by atoms with Gasteiger partial charge in [-0.05, 0) is 12.1 Å². The van der Waals surface area contributed by atoms with Crippen molar-refractivity contribution in [1.29, 1.82) is 0 Å². The lowest BCUT2D eigenvalue weighted by atomic mass is 10.5. The molecule has 1 N–H and O–H groups in total. The molecular formula is C12H16ClN3O4S. The topological polar surface area (TPSA) is 84.1 Å². The number of pyridine rings is 1. The van der Waals surface area contributed by atoms with Crippen molar-refractivity contribution in [1.82, 2.24) is 13.7 Å². The van der Waals surface area contributed by atoms with Crippen LogP contribution in [0.3, 0.4) is 0 Å². The largest absolute Gasteiger partial charge is 0.395 e. The van der Waals surface area contributed by atoms with E-state index >= 15 is 0 Å². The second-order valence-corrected chi connectivity index (χ2v) is 6.47. The lowest BCUT2D eigenvalue weighted by Gasteiger charge is -2.20. The van der Waals surface area contributed by atoms with Crippen molar-refractivity contribution in [3.05, 3.63) is 29.5 Å². The molecule has 0 spiro atoms. The highest BCUT2D eigenvalue weighted by Gasteiger charge is 2.30. The molecule has 2 heterocycles. The number of methoxy groups -OCH3 is 1. The van der Waals surface area contributed by atoms with Crippen LogP contribution in [0.4, 0.5) is 0 Å². The maximum atomic E-state index is 12.7. The fourth-order valence-electron chi connectivity index (χ4n) is 1.95. The number of imidazole rings is 1. The van der Waals surface area contributed by atoms with E-state index in [4.69, 9.17) is 21.4 Å². The second kappa shape index (κ2) is 6.71. The Morgan fingerprint density at radius 1 is 1.43 bits per heavy atom. The molecule has 0 aliphatic carbocycles. The first-order valence-corrected chi connectivity index (χ1v) is 8.06. The van der Waals surface area contributed by atoms with Crippen molar-refractivity contribution in [2.24, 2.45) is 0 Å². The highest BCUT2D eigenvalue weighted by molar-refractivity contribution is 7.89. The van der Waals surface area contributed by atoms with Crippen molar-refractivity contribution in [3.8, 4) is 0 Å². The average molecular weight is 334 g/mol. The van der Waals surface area contributed by atoms with Gasteiger partial charge in [-0.25, -0.2) is 13.4 Å². The monoisotopic (exact) mass is 333 g/mol. The molecule has 0 saturated carbocycles. The van der Waals surface area contributed by atoms with Crippen molar-refractivity contribution in [2.75, 3.05) is 33.4 Å². The van der Waals surface area contributed by atoms with E-state index in [-0.39, 0.29) is 36.5 Å². The molecule has 0 bridgehead atoms. The van der Waals surface area contributed by atoms with Gasteiger partial charge in [0.15, 0.2) is 10.2 Å². The quantitative estimate of drug-likeness (QED) is 0.803. The summed E-state index contributed by atoms with van der Waals surface area (Å²) in [5, 5.41) is 8.87. The normalized spacial score (nSPS) is 12.4. The zero-order valence-electron chi connectivity index (χ0n) is 11.4. The van der Waals surface area contributed by atoms with Crippen molar-refractivity contribution in [3.63, 3.8) is 0 Å². The van der Waals surface area contributed by atoms with Crippen LogP contribution >= 0.6 is 11.6 Å². The summed E-state index contributed by atoms with van der Waals surface area (Å²) in [4.78, 5) is 4.03. The van der Waals surface area contributed by atoms with E-state index in [9.17, 15) is 8.42 Å². The molecule has 21 heavy (non-hydrogen) atoms. The second-order valence-electron chi connectivity index (χ2n) is 4.26. The summed E-state index contributed by atoms with van der Waals surface area (Å²) in [6.45, 7) is 0.00274. The number of halogens is 1. The molecule has 2 rings (SSSR count). The van der Waals surface area contributed by atoms with E-state index in [1.54, 1.807) is 24.4 Å². The first-order valence-electron chi connectivity index (χ1n) is 6.25. The zero-order valence-corrected chi connectivity index (χ0v) is 13.0. The summed E-state index contributed by atoms with van der Waals surface area (Å²) in [5.41, 5.74) is 0.441. The van der Waals surface area contributed by atoms with E-state index in [1.807, 2.05) is 0 Å². The summed E-state index contributed by atoms with van der Waals surface area (Å²) in [5.74, 6) is 0. The van der Waals surface area contributed by atoms with Gasteiger partial charge < -0.3 is 9.84 Å². The van der Waals surface area contributed by atoms with Crippen LogP contribution in [0.5, 0.6) is 0 Å². The van der Waals surface area contributed by atoms with Crippen LogP contribution in [0.15, 0.2) is 29.4 Å². The summed E-state index contributed by atoms with van der Waals surface area (Å²) in [6, 6.07) is 5.09. The molecule has 9 heteroatoms. The minimum Gasteiger partial charge on any atom is -0.395 e. The van der Waals surface area contributed by atoms with Gasteiger partial charge in [0.05, 0.1) is 13.2 Å². The number of rotatable bonds is 7. The first kappa shape index (κ1) is 16.2. The number of nitrogens with zero attached hydrogens (tertiary/aromatic N) is 3. The number of aromatic nitrogens is 2. The summed E-state index contributed by atoms with van der Waals surface area (Å²) >= 11 is 6.00. The Kier molecular flexibility index (Phi) is 5.17. The highest BCUT2D eigenvalue weighted by Crippen LogP contribution is 2.25. The number of aliphatic hydroxyl groups is 1. The van der Waals surface area contributed by atoms with Gasteiger partial charge in [-0.3, -0.25) is 4.40 Å². The van der Waals surface area contributed by atoms with E-state index in [1.165, 1.54) is 11.5 Å². The third-order valence-electron chi connectivity index (χ3n) is 2.92. The predicted octanol–water partition coefficient (Wildman–Crippen LogP) is 0.617. The Morgan fingerprint density at radius 3 is 2.86 bits per heavy atom. The van der Waals surface area contributed by atoms with E-state index < -0.39 is 10.0 Å². The minimum atomic E-state index is -3.89. The number of aliphatic hydroxyl groups excluding tert-OH is 1. The van der Waals surface area contributed by atoms with Gasteiger partial charge in [-0.2, -0.15) is 4.31 Å². The van der Waals surface area contributed by atoms with E-state index in [0.717, 1.165) is 4.31 Å². The van der Waals surface area contributed by atoms with Crippen LogP contribution in [-0.2, 0) is 14.8 Å². The lowest BCUT2D eigenvalue weighted by Crippen LogP contribution is -2.36. The summed E-state index contributed by atoms with van der Waals surface area (Å²) < 4.78 is 32.9. The Bertz CT molecular complexity index is 716. The van der Waals surface area contributed by atoms with E-state index in [2.05, 4.69) is 4.98 Å². The number of hydrogen-bond donors (Lipinski definition) is 1. The Hall–Kier alpha value is -1.19. The fourth-order valence-corrected chi connectivity index (χ4v) is 3.97. The first-order chi connectivity index (χ1) is 10.0. The van der Waals surface area contributed by atoms with Gasteiger partial charge in [-0.1, -0.05) is 17.7 Å². The van der Waals surface area contributed by atoms with Crippen LogP contribution in [0.1, 0.15) is 0 Å². The van der Waals surface area contributed by atoms with Gasteiger partial charge in [0.1, 0.15) is 5.65 Å². The van der Waals surface area contributed by atoms with Crippen LogP contribution in [-0.4, -0.2) is 60.6 Å². The van der Waals surface area contributed by atoms with Crippen molar-refractivity contribution in [2.45, 2.75) is 5.03 Å². The summed E-state index contributed by atoms with van der Waals surface area (Å²) in [6.07, 6.45) is 1.58. The third kappa shape index (κ3) is 3.19. The number of fused-ring (bicyclic) bond motifs is 1. The fraction of sp³-hybridized carbons (Fsp3) is 0.417. The molecule has 7 nitrogen and oxygen atoms in total. The van der Waals surface area contributed by atoms with Crippen molar-refractivity contribution < 1.29 is 18.3 Å². The zero-order chi connectivity index (χ0) is 15.5. The number of hydrogen-bond acceptors (Lipinski definition) is 5. The van der Waals surface area contributed by atoms with Crippen LogP contribution < -0.4 is 0 Å². The molecule has 0 unspecified atom stereocenters. The average Bonchev–Trinajstić information content (AvgIpc) is 2.79. The Labute approximate surface area is 127 Å². The minimum absolute atomic E-state index is 0.0396. The van der Waals surface area contributed by atoms with Gasteiger partial charge in [0, 0.05) is 26.4 Å². The predicted molar refractivity (Wildman–Crippen MR) is 77.9 cm³/mol. The molecule has 0 amide bonds. The molecule has 2 aromatic rings. The maximum Gasteiger partial charge on any atom is 0.262 e. The Morgan fingerprint density at radius 2 is 2.19 bits per heavy atom. The molecular weight excluding hydrogens is 318 g/mol. The lowest BCUT2D eigenvalue weighted by molar-refractivity contribution is 0.168. The molecule has 116 valence electrons. The van der Waals surface area contributed by atoms with Crippen LogP contribution in [0.2, 0.25) is 5.15 Å². The van der Waals surface area contributed by atoms with Gasteiger partial charge >= 0.3 is 0 Å². The number of ether oxygens (including phenoxy) is 1. The smallest absolute Gasteiger partial charge is 0.262 e. The molecule has 0 saturated heterocycles.